The summed E-state index contributed by atoms with van der Waals surface area (Å²) in [4.78, 5) is 17.0. The summed E-state index contributed by atoms with van der Waals surface area (Å²) in [7, 11) is -3.75. The monoisotopic (exact) mass is 393 g/mol. The topological polar surface area (TPSA) is 113 Å². The zero-order chi connectivity index (χ0) is 18.6. The molecule has 0 unspecified atom stereocenters. The Bertz CT molecular complexity index is 937. The molecule has 0 saturated carbocycles. The highest BCUT2D eigenvalue weighted by molar-refractivity contribution is 7.90. The molecule has 2 heterocycles. The SMILES string of the molecule is Cc1nnsc1C(=O)Nc1cccc(S(=O)(=O)NC2=NCCCCC2)c1. The molecular weight excluding hydrogens is 374 g/mol. The first-order valence-corrected chi connectivity index (χ1v) is 10.5. The number of aryl methyl sites for hydroxylation is 1. The van der Waals surface area contributed by atoms with Crippen molar-refractivity contribution in [2.24, 2.45) is 4.99 Å². The minimum atomic E-state index is -3.75. The number of rotatable bonds is 4. The highest BCUT2D eigenvalue weighted by Gasteiger charge is 2.19. The van der Waals surface area contributed by atoms with Crippen molar-refractivity contribution in [1.29, 1.82) is 0 Å². The molecule has 0 aliphatic carbocycles. The van der Waals surface area contributed by atoms with Gasteiger partial charge in [0.2, 0.25) is 0 Å². The number of sulfonamides is 1. The second-order valence-electron chi connectivity index (χ2n) is 5.91. The summed E-state index contributed by atoms with van der Waals surface area (Å²) in [5, 5.41) is 6.48. The zero-order valence-electron chi connectivity index (χ0n) is 14.2. The van der Waals surface area contributed by atoms with Crippen LogP contribution in [0.1, 0.15) is 41.0 Å². The second-order valence-corrected chi connectivity index (χ2v) is 8.35. The zero-order valence-corrected chi connectivity index (χ0v) is 15.9. The van der Waals surface area contributed by atoms with Crippen LogP contribution < -0.4 is 10.0 Å². The summed E-state index contributed by atoms with van der Waals surface area (Å²) in [6, 6.07) is 6.11. The molecule has 0 fully saturated rings. The predicted molar refractivity (Wildman–Crippen MR) is 100 cm³/mol. The molecule has 1 aliphatic rings. The summed E-state index contributed by atoms with van der Waals surface area (Å²) >= 11 is 0.992. The van der Waals surface area contributed by atoms with Crippen molar-refractivity contribution < 1.29 is 13.2 Å². The third kappa shape index (κ3) is 4.44. The molecule has 8 nitrogen and oxygen atoms in total. The average molecular weight is 393 g/mol. The van der Waals surface area contributed by atoms with E-state index in [1.165, 1.54) is 12.1 Å². The Morgan fingerprint density at radius 2 is 2.08 bits per heavy atom. The van der Waals surface area contributed by atoms with Crippen molar-refractivity contribution in [2.45, 2.75) is 37.5 Å². The number of aromatic nitrogens is 2. The van der Waals surface area contributed by atoms with Gasteiger partial charge in [0.15, 0.2) is 0 Å². The van der Waals surface area contributed by atoms with Crippen LogP contribution in [0.25, 0.3) is 0 Å². The van der Waals surface area contributed by atoms with Crippen molar-refractivity contribution in [1.82, 2.24) is 14.3 Å². The van der Waals surface area contributed by atoms with Gasteiger partial charge in [-0.05, 0) is 49.5 Å². The van der Waals surface area contributed by atoms with E-state index in [4.69, 9.17) is 0 Å². The molecular formula is C16H19N5O3S2. The van der Waals surface area contributed by atoms with Crippen LogP contribution in [0.4, 0.5) is 5.69 Å². The molecule has 0 bridgehead atoms. The third-order valence-electron chi connectivity index (χ3n) is 3.89. The smallest absolute Gasteiger partial charge is 0.269 e. The molecule has 1 aliphatic heterocycles. The molecule has 1 aromatic carbocycles. The molecule has 2 aromatic rings. The fourth-order valence-corrected chi connectivity index (χ4v) is 4.23. The number of aliphatic imine (C=N–C) groups is 1. The highest BCUT2D eigenvalue weighted by atomic mass is 32.2. The van der Waals surface area contributed by atoms with E-state index in [-0.39, 0.29) is 10.8 Å². The lowest BCUT2D eigenvalue weighted by atomic mass is 10.2. The number of hydrogen-bond acceptors (Lipinski definition) is 7. The van der Waals surface area contributed by atoms with Gasteiger partial charge in [-0.15, -0.1) is 5.10 Å². The first-order valence-electron chi connectivity index (χ1n) is 8.22. The molecule has 0 spiro atoms. The summed E-state index contributed by atoms with van der Waals surface area (Å²) in [5.74, 6) is 0.122. The number of carbonyl (C=O) groups is 1. The molecule has 0 radical (unpaired) electrons. The van der Waals surface area contributed by atoms with Crippen molar-refractivity contribution in [3.63, 3.8) is 0 Å². The van der Waals surface area contributed by atoms with Gasteiger partial charge in [-0.2, -0.15) is 0 Å². The fraction of sp³-hybridized carbons (Fsp3) is 0.375. The van der Waals surface area contributed by atoms with Gasteiger partial charge >= 0.3 is 0 Å². The van der Waals surface area contributed by atoms with Gasteiger partial charge in [0.25, 0.3) is 15.9 Å². The quantitative estimate of drug-likeness (QED) is 0.828. The maximum Gasteiger partial charge on any atom is 0.269 e. The Morgan fingerprint density at radius 3 is 2.85 bits per heavy atom. The lowest BCUT2D eigenvalue weighted by Crippen LogP contribution is -2.30. The van der Waals surface area contributed by atoms with Gasteiger partial charge in [-0.25, -0.2) is 8.42 Å². The molecule has 0 saturated heterocycles. The van der Waals surface area contributed by atoms with Crippen molar-refractivity contribution in [2.75, 3.05) is 11.9 Å². The van der Waals surface area contributed by atoms with Crippen LogP contribution in [-0.4, -0.2) is 36.3 Å². The molecule has 138 valence electrons. The Kier molecular flexibility index (Phi) is 5.62. The number of hydrogen-bond donors (Lipinski definition) is 2. The number of benzene rings is 1. The van der Waals surface area contributed by atoms with Crippen LogP contribution in [0.5, 0.6) is 0 Å². The van der Waals surface area contributed by atoms with Crippen molar-refractivity contribution in [3.8, 4) is 0 Å². The van der Waals surface area contributed by atoms with Crippen LogP contribution in [0.3, 0.4) is 0 Å². The van der Waals surface area contributed by atoms with E-state index < -0.39 is 10.0 Å². The summed E-state index contributed by atoms with van der Waals surface area (Å²) in [5.41, 5.74) is 0.915. The van der Waals surface area contributed by atoms with Crippen molar-refractivity contribution in [3.05, 3.63) is 34.8 Å². The first kappa shape index (κ1) is 18.5. The van der Waals surface area contributed by atoms with E-state index in [2.05, 4.69) is 24.6 Å². The molecule has 2 N–H and O–H groups in total. The normalized spacial score (nSPS) is 15.0. The van der Waals surface area contributed by atoms with Crippen molar-refractivity contribution >= 4 is 39.0 Å². The number of amidine groups is 1. The molecule has 26 heavy (non-hydrogen) atoms. The number of nitrogens with one attached hydrogen (secondary N) is 2. The van der Waals surface area contributed by atoms with Crippen LogP contribution in [0.2, 0.25) is 0 Å². The number of nitrogens with zero attached hydrogens (tertiary/aromatic N) is 3. The van der Waals surface area contributed by atoms with E-state index in [9.17, 15) is 13.2 Å². The minimum absolute atomic E-state index is 0.0707. The minimum Gasteiger partial charge on any atom is -0.321 e. The van der Waals surface area contributed by atoms with E-state index in [1.807, 2.05) is 0 Å². The predicted octanol–water partition coefficient (Wildman–Crippen LogP) is 2.35. The standard InChI is InChI=1S/C16H19N5O3S2/c1-11-15(25-21-19-11)16(22)18-12-6-5-7-13(10-12)26(23,24)20-14-8-3-2-4-9-17-14/h5-7,10H,2-4,8-9H2,1H3,(H,17,20)(H,18,22). The average Bonchev–Trinajstić information content (AvgIpc) is 2.87. The van der Waals surface area contributed by atoms with Gasteiger partial charge in [0.05, 0.1) is 10.6 Å². The lowest BCUT2D eigenvalue weighted by Gasteiger charge is -2.11. The van der Waals surface area contributed by atoms with E-state index in [0.29, 0.717) is 35.1 Å². The highest BCUT2D eigenvalue weighted by Crippen LogP contribution is 2.18. The Balaban J connectivity index is 1.76. The van der Waals surface area contributed by atoms with Crippen LogP contribution in [0, 0.1) is 6.92 Å². The molecule has 3 rings (SSSR count). The van der Waals surface area contributed by atoms with Crippen LogP contribution in [0.15, 0.2) is 34.2 Å². The fourth-order valence-electron chi connectivity index (χ4n) is 2.54. The van der Waals surface area contributed by atoms with E-state index >= 15 is 0 Å². The van der Waals surface area contributed by atoms with E-state index in [1.54, 1.807) is 19.1 Å². The van der Waals surface area contributed by atoms with Gasteiger partial charge < -0.3 is 5.32 Å². The first-order chi connectivity index (χ1) is 12.5. The Morgan fingerprint density at radius 1 is 1.23 bits per heavy atom. The maximum atomic E-state index is 12.6. The number of carbonyl (C=O) groups excluding carboxylic acids is 1. The molecule has 10 heteroatoms. The number of anilines is 1. The summed E-state index contributed by atoms with van der Waals surface area (Å²) in [6.07, 6.45) is 3.55. The summed E-state index contributed by atoms with van der Waals surface area (Å²) in [6.45, 7) is 2.33. The van der Waals surface area contributed by atoms with E-state index in [0.717, 1.165) is 30.8 Å². The van der Waals surface area contributed by atoms with Crippen LogP contribution in [-0.2, 0) is 10.0 Å². The largest absolute Gasteiger partial charge is 0.321 e. The Hall–Kier alpha value is -2.33. The van der Waals surface area contributed by atoms with Gasteiger partial charge in [0, 0.05) is 18.7 Å². The van der Waals surface area contributed by atoms with Gasteiger partial charge in [-0.1, -0.05) is 17.0 Å². The number of amides is 1. The Labute approximate surface area is 156 Å². The lowest BCUT2D eigenvalue weighted by molar-refractivity contribution is 0.102. The van der Waals surface area contributed by atoms with Crippen LogP contribution >= 0.6 is 11.5 Å². The molecule has 1 aromatic heterocycles. The summed E-state index contributed by atoms with van der Waals surface area (Å²) < 4.78 is 31.5. The van der Waals surface area contributed by atoms with Gasteiger partial charge in [0.1, 0.15) is 10.7 Å². The molecule has 0 atom stereocenters. The van der Waals surface area contributed by atoms with Gasteiger partial charge in [-0.3, -0.25) is 14.5 Å². The molecule has 1 amide bonds. The second kappa shape index (κ2) is 7.92. The third-order valence-corrected chi connectivity index (χ3v) is 6.09. The maximum absolute atomic E-state index is 12.6.